The Morgan fingerprint density at radius 2 is 1.96 bits per heavy atom. The average Bonchev–Trinajstić information content (AvgIpc) is 3.22. The molecule has 0 aliphatic carbocycles. The molecule has 7 nitrogen and oxygen atoms in total. The van der Waals surface area contributed by atoms with E-state index >= 15 is 0 Å². The molecule has 1 aliphatic rings. The van der Waals surface area contributed by atoms with Crippen molar-refractivity contribution in [3.8, 4) is 5.75 Å². The Morgan fingerprint density at radius 1 is 1.21 bits per heavy atom. The van der Waals surface area contributed by atoms with Crippen LogP contribution in [-0.2, 0) is 6.54 Å². The number of para-hydroxylation sites is 2. The molecule has 1 atom stereocenters. The summed E-state index contributed by atoms with van der Waals surface area (Å²) in [7, 11) is 3.58. The monoisotopic (exact) mass is 498 g/mol. The molecule has 28 heavy (non-hydrogen) atoms. The minimum Gasteiger partial charge on any atom is -0.495 e. The van der Waals surface area contributed by atoms with Crippen LogP contribution in [0.25, 0.3) is 0 Å². The minimum atomic E-state index is 0. The molecule has 1 saturated heterocycles. The molecule has 1 unspecified atom stereocenters. The summed E-state index contributed by atoms with van der Waals surface area (Å²) < 4.78 is 7.48. The van der Waals surface area contributed by atoms with Crippen molar-refractivity contribution in [2.75, 3.05) is 51.8 Å². The van der Waals surface area contributed by atoms with Crippen molar-refractivity contribution >= 4 is 35.6 Å². The highest BCUT2D eigenvalue weighted by atomic mass is 127. The molecule has 1 N–H and O–H groups in total. The standard InChI is InChI=1S/C20H30N6O.HI/c1-17(16-26-10-6-9-23-26)15-22-20(21-2)25-13-11-24(12-14-25)18-7-4-5-8-19(18)27-3;/h4-10,17H,11-16H2,1-3H3,(H,21,22);1H. The van der Waals surface area contributed by atoms with Gasteiger partial charge in [0, 0.05) is 58.7 Å². The number of hydrogen-bond acceptors (Lipinski definition) is 4. The third-order valence-electron chi connectivity index (χ3n) is 4.88. The summed E-state index contributed by atoms with van der Waals surface area (Å²) in [5.74, 6) is 2.37. The van der Waals surface area contributed by atoms with E-state index in [4.69, 9.17) is 4.74 Å². The number of halogens is 1. The van der Waals surface area contributed by atoms with E-state index in [-0.39, 0.29) is 24.0 Å². The number of guanidine groups is 1. The Bertz CT molecular complexity index is 728. The van der Waals surface area contributed by atoms with Gasteiger partial charge in [-0.3, -0.25) is 9.67 Å². The summed E-state index contributed by atoms with van der Waals surface area (Å²) in [5, 5.41) is 7.80. The first-order chi connectivity index (χ1) is 13.2. The largest absolute Gasteiger partial charge is 0.495 e. The van der Waals surface area contributed by atoms with E-state index in [2.05, 4.69) is 44.3 Å². The number of aromatic nitrogens is 2. The van der Waals surface area contributed by atoms with Crippen molar-refractivity contribution in [3.63, 3.8) is 0 Å². The summed E-state index contributed by atoms with van der Waals surface area (Å²) in [6.07, 6.45) is 3.82. The molecule has 0 bridgehead atoms. The number of benzene rings is 1. The Balaban J connectivity index is 0.00000280. The molecular weight excluding hydrogens is 467 g/mol. The zero-order chi connectivity index (χ0) is 19.1. The number of aliphatic imine (C=N–C) groups is 1. The van der Waals surface area contributed by atoms with Crippen LogP contribution in [0, 0.1) is 5.92 Å². The molecule has 0 saturated carbocycles. The van der Waals surface area contributed by atoms with Crippen molar-refractivity contribution in [1.82, 2.24) is 20.0 Å². The summed E-state index contributed by atoms with van der Waals surface area (Å²) in [6, 6.07) is 10.2. The summed E-state index contributed by atoms with van der Waals surface area (Å²) in [5.41, 5.74) is 1.16. The topological polar surface area (TPSA) is 57.9 Å². The summed E-state index contributed by atoms with van der Waals surface area (Å²) >= 11 is 0. The number of nitrogens with one attached hydrogen (secondary N) is 1. The fourth-order valence-corrected chi connectivity index (χ4v) is 3.44. The van der Waals surface area contributed by atoms with E-state index in [1.54, 1.807) is 7.11 Å². The van der Waals surface area contributed by atoms with Crippen LogP contribution in [0.5, 0.6) is 5.75 Å². The smallest absolute Gasteiger partial charge is 0.193 e. The van der Waals surface area contributed by atoms with Crippen LogP contribution in [0.15, 0.2) is 47.7 Å². The third kappa shape index (κ3) is 5.76. The summed E-state index contributed by atoms with van der Waals surface area (Å²) in [4.78, 5) is 9.18. The van der Waals surface area contributed by atoms with E-state index in [9.17, 15) is 0 Å². The van der Waals surface area contributed by atoms with Gasteiger partial charge in [0.25, 0.3) is 0 Å². The molecule has 8 heteroatoms. The van der Waals surface area contributed by atoms with Crippen molar-refractivity contribution in [2.45, 2.75) is 13.5 Å². The quantitative estimate of drug-likeness (QED) is 0.377. The number of rotatable bonds is 6. The Hall–Kier alpha value is -1.97. The predicted octanol–water partition coefficient (Wildman–Crippen LogP) is 2.54. The molecule has 3 rings (SSSR count). The lowest BCUT2D eigenvalue weighted by Crippen LogP contribution is -2.53. The Morgan fingerprint density at radius 3 is 2.61 bits per heavy atom. The van der Waals surface area contributed by atoms with Crippen LogP contribution in [0.3, 0.4) is 0 Å². The van der Waals surface area contributed by atoms with Crippen LogP contribution in [0.4, 0.5) is 5.69 Å². The molecular formula is C20H31IN6O. The van der Waals surface area contributed by atoms with Gasteiger partial charge in [0.1, 0.15) is 5.75 Å². The van der Waals surface area contributed by atoms with Gasteiger partial charge in [-0.25, -0.2) is 0 Å². The zero-order valence-corrected chi connectivity index (χ0v) is 19.2. The lowest BCUT2D eigenvalue weighted by Gasteiger charge is -2.38. The van der Waals surface area contributed by atoms with E-state index < -0.39 is 0 Å². The van der Waals surface area contributed by atoms with Crippen molar-refractivity contribution in [2.24, 2.45) is 10.9 Å². The number of nitrogens with zero attached hydrogens (tertiary/aromatic N) is 5. The van der Waals surface area contributed by atoms with Gasteiger partial charge in [0.05, 0.1) is 12.8 Å². The van der Waals surface area contributed by atoms with Crippen LogP contribution in [0.1, 0.15) is 6.92 Å². The molecule has 1 aliphatic heterocycles. The maximum absolute atomic E-state index is 5.50. The second-order valence-corrected chi connectivity index (χ2v) is 6.91. The molecule has 2 aromatic rings. The fraction of sp³-hybridized carbons (Fsp3) is 0.500. The minimum absolute atomic E-state index is 0. The molecule has 1 aromatic carbocycles. The Labute approximate surface area is 184 Å². The highest BCUT2D eigenvalue weighted by molar-refractivity contribution is 14.0. The van der Waals surface area contributed by atoms with Gasteiger partial charge in [-0.1, -0.05) is 19.1 Å². The van der Waals surface area contributed by atoms with Crippen molar-refractivity contribution < 1.29 is 4.74 Å². The fourth-order valence-electron chi connectivity index (χ4n) is 3.44. The highest BCUT2D eigenvalue weighted by Crippen LogP contribution is 2.28. The van der Waals surface area contributed by atoms with Gasteiger partial charge in [-0.15, -0.1) is 24.0 Å². The number of ether oxygens (including phenoxy) is 1. The number of piperazine rings is 1. The van der Waals surface area contributed by atoms with Crippen LogP contribution >= 0.6 is 24.0 Å². The van der Waals surface area contributed by atoms with E-state index in [1.165, 1.54) is 0 Å². The average molecular weight is 498 g/mol. The zero-order valence-electron chi connectivity index (χ0n) is 16.9. The van der Waals surface area contributed by atoms with Crippen LogP contribution in [0.2, 0.25) is 0 Å². The van der Waals surface area contributed by atoms with Crippen molar-refractivity contribution in [3.05, 3.63) is 42.7 Å². The van der Waals surface area contributed by atoms with Crippen LogP contribution in [-0.4, -0.2) is 67.5 Å². The first-order valence-electron chi connectivity index (χ1n) is 9.52. The van der Waals surface area contributed by atoms with Gasteiger partial charge in [-0.2, -0.15) is 5.10 Å². The normalized spacial score (nSPS) is 15.8. The third-order valence-corrected chi connectivity index (χ3v) is 4.88. The van der Waals surface area contributed by atoms with E-state index in [0.29, 0.717) is 5.92 Å². The Kier molecular flexibility index (Phi) is 8.88. The number of hydrogen-bond donors (Lipinski definition) is 1. The van der Waals surface area contributed by atoms with Crippen molar-refractivity contribution in [1.29, 1.82) is 0 Å². The van der Waals surface area contributed by atoms with Gasteiger partial charge in [0.15, 0.2) is 5.96 Å². The molecule has 1 fully saturated rings. The van der Waals surface area contributed by atoms with Gasteiger partial charge in [0.2, 0.25) is 0 Å². The second kappa shape index (κ2) is 11.1. The molecule has 0 amide bonds. The lowest BCUT2D eigenvalue weighted by atomic mass is 10.2. The van der Waals surface area contributed by atoms with Crippen LogP contribution < -0.4 is 15.0 Å². The summed E-state index contributed by atoms with van der Waals surface area (Å²) in [6.45, 7) is 7.77. The highest BCUT2D eigenvalue weighted by Gasteiger charge is 2.21. The second-order valence-electron chi connectivity index (χ2n) is 6.91. The molecule has 1 aromatic heterocycles. The maximum atomic E-state index is 5.50. The molecule has 0 spiro atoms. The molecule has 0 radical (unpaired) electrons. The van der Waals surface area contributed by atoms with E-state index in [0.717, 1.165) is 56.7 Å². The van der Waals surface area contributed by atoms with Gasteiger partial charge in [-0.05, 0) is 24.1 Å². The number of anilines is 1. The van der Waals surface area contributed by atoms with Gasteiger partial charge < -0.3 is 19.9 Å². The lowest BCUT2D eigenvalue weighted by molar-refractivity contribution is 0.360. The number of methoxy groups -OCH3 is 1. The van der Waals surface area contributed by atoms with E-state index in [1.807, 2.05) is 42.3 Å². The first-order valence-corrected chi connectivity index (χ1v) is 9.52. The SMILES string of the molecule is CN=C(NCC(C)Cn1cccn1)N1CCN(c2ccccc2OC)CC1.I. The predicted molar refractivity (Wildman–Crippen MR) is 125 cm³/mol. The molecule has 2 heterocycles. The molecule has 154 valence electrons. The maximum Gasteiger partial charge on any atom is 0.193 e. The van der Waals surface area contributed by atoms with Gasteiger partial charge >= 0.3 is 0 Å². The first kappa shape index (κ1) is 22.3.